The lowest BCUT2D eigenvalue weighted by molar-refractivity contribution is 0.384. The van der Waals surface area contributed by atoms with Crippen LogP contribution in [0, 0.1) is 0 Å². The van der Waals surface area contributed by atoms with Crippen molar-refractivity contribution in [2.24, 2.45) is 0 Å². The zero-order valence-corrected chi connectivity index (χ0v) is 8.14. The first kappa shape index (κ1) is 13.6. The van der Waals surface area contributed by atoms with Gasteiger partial charge in [-0.15, -0.1) is 0 Å². The largest absolute Gasteiger partial charge is 0.492 e. The smallest absolute Gasteiger partial charge is 0.189 e. The van der Waals surface area contributed by atoms with E-state index in [0.29, 0.717) is 0 Å². The molecule has 0 aliphatic rings. The summed E-state index contributed by atoms with van der Waals surface area (Å²) in [7, 11) is -21.5. The summed E-state index contributed by atoms with van der Waals surface area (Å²) in [6, 6.07) is 0. The van der Waals surface area contributed by atoms with Gasteiger partial charge in [-0.2, -0.15) is 29.6 Å². The molecule has 14 heavy (non-hydrogen) atoms. The Morgan fingerprint density at radius 2 is 0.786 bits per heavy atom. The highest BCUT2D eigenvalue weighted by Gasteiger charge is 2.70. The van der Waals surface area contributed by atoms with Crippen molar-refractivity contribution in [2.45, 2.75) is 3.66 Å². The molecule has 0 aromatic carbocycles. The second-order valence-electron chi connectivity index (χ2n) is 1.79. The van der Waals surface area contributed by atoms with Crippen LogP contribution in [0.3, 0.4) is 0 Å². The van der Waals surface area contributed by atoms with E-state index in [1.807, 2.05) is 0 Å². The normalized spacial score (nSPS) is 15.4. The lowest BCUT2D eigenvalue weighted by Gasteiger charge is -2.10. The van der Waals surface area contributed by atoms with Gasteiger partial charge >= 0.3 is 34.3 Å². The summed E-state index contributed by atoms with van der Waals surface area (Å²) in [6.07, 6.45) is 0. The zero-order valence-electron chi connectivity index (χ0n) is 5.69. The van der Waals surface area contributed by atoms with Crippen molar-refractivity contribution in [1.29, 1.82) is 0 Å². The first-order valence-corrected chi connectivity index (χ1v) is 6.41. The van der Waals surface area contributed by atoms with E-state index in [1.165, 1.54) is 0 Å². The maximum atomic E-state index is 12.4. The van der Waals surface area contributed by atoms with E-state index in [0.717, 1.165) is 0 Å². The molecule has 0 amide bonds. The Morgan fingerprint density at radius 1 is 0.643 bits per heavy atom. The van der Waals surface area contributed by atoms with Gasteiger partial charge in [0.1, 0.15) is 0 Å². The average Bonchev–Trinajstić information content (AvgIpc) is 1.77. The van der Waals surface area contributed by atoms with Crippen molar-refractivity contribution in [1.82, 2.24) is 0 Å². The van der Waals surface area contributed by atoms with Gasteiger partial charge in [0.2, 0.25) is 0 Å². The lowest BCUT2D eigenvalue weighted by Crippen LogP contribution is -2.43. The van der Waals surface area contributed by atoms with Crippen molar-refractivity contribution >= 4 is 30.7 Å². The second kappa shape index (κ2) is 3.03. The molecule has 13 heteroatoms. The molecule has 0 aromatic heterocycles. The molecule has 0 fully saturated rings. The van der Waals surface area contributed by atoms with Gasteiger partial charge in [-0.25, -0.2) is 0 Å². The predicted octanol–water partition coefficient (Wildman–Crippen LogP) is -0.535. The Labute approximate surface area is 76.2 Å². The summed E-state index contributed by atoms with van der Waals surface area (Å²) in [5, 5.41) is 0. The highest BCUT2D eigenvalue weighted by Crippen LogP contribution is 2.36. The van der Waals surface area contributed by atoms with Gasteiger partial charge in [-0.1, -0.05) is 11.7 Å². The summed E-state index contributed by atoms with van der Waals surface area (Å²) < 4.78 is 99.5. The topological polar surface area (TPSA) is 102 Å². The lowest BCUT2D eigenvalue weighted by atomic mass is 11.7. The van der Waals surface area contributed by atoms with Crippen LogP contribution >= 0.6 is 0 Å². The second-order valence-corrected chi connectivity index (χ2v) is 6.88. The Morgan fingerprint density at radius 3 is 0.786 bits per heavy atom. The van der Waals surface area contributed by atoms with E-state index < -0.39 is 34.3 Å². The zero-order chi connectivity index (χ0) is 12.0. The summed E-state index contributed by atoms with van der Waals surface area (Å²) >= 11 is 0. The first-order chi connectivity index (χ1) is 5.75. The maximum absolute atomic E-state index is 12.4. The molecule has 0 radical (unpaired) electrons. The van der Waals surface area contributed by atoms with Crippen LogP contribution < -0.4 is 0 Å². The number of hydrogen-bond donors (Lipinski definition) is 0. The fourth-order valence-electron chi connectivity index (χ4n) is 0.357. The Hall–Kier alpha value is -0.430. The van der Waals surface area contributed by atoms with E-state index in [-0.39, 0.29) is 0 Å². The van der Waals surface area contributed by atoms with E-state index in [4.69, 9.17) is 0 Å². The maximum Gasteiger partial charge on any atom is 0.492 e. The van der Waals surface area contributed by atoms with Crippen LogP contribution in [0.25, 0.3) is 0 Å². The molecule has 0 atom stereocenters. The quantitative estimate of drug-likeness (QED) is 0.508. The fraction of sp³-hybridized carbons (Fsp3) is 1.00. The van der Waals surface area contributed by atoms with Crippen LogP contribution in [0.5, 0.6) is 0 Å². The number of halogens is 4. The molecule has 86 valence electrons. The Bertz CT molecular complexity index is 445. The molecule has 0 unspecified atom stereocenters. The summed E-state index contributed by atoms with van der Waals surface area (Å²) in [4.78, 5) is 0. The van der Waals surface area contributed by atoms with Crippen LogP contribution in [0.15, 0.2) is 0 Å². The van der Waals surface area contributed by atoms with Gasteiger partial charge in [-0.3, -0.25) is 0 Å². The molecule has 6 nitrogen and oxygen atoms in total. The Balaban J connectivity index is 6.41. The molecular formula is CF4O6S3. The molecule has 0 bridgehead atoms. The molecule has 0 N–H and O–H groups in total. The van der Waals surface area contributed by atoms with Gasteiger partial charge in [0.25, 0.3) is 0 Å². The third-order valence-electron chi connectivity index (χ3n) is 0.874. The monoisotopic (exact) mass is 280 g/mol. The van der Waals surface area contributed by atoms with E-state index in [1.54, 1.807) is 0 Å². The molecule has 0 spiro atoms. The highest BCUT2D eigenvalue weighted by molar-refractivity contribution is 8.21. The summed E-state index contributed by atoms with van der Waals surface area (Å²) in [5.41, 5.74) is 0. The van der Waals surface area contributed by atoms with E-state index in [2.05, 4.69) is 0 Å². The van der Waals surface area contributed by atoms with Gasteiger partial charge in [0.05, 0.1) is 0 Å². The average molecular weight is 280 g/mol. The highest BCUT2D eigenvalue weighted by atomic mass is 32.4. The molecule has 0 rings (SSSR count). The van der Waals surface area contributed by atoms with Gasteiger partial charge in [-0.05, 0) is 0 Å². The molecule has 0 aliphatic heterocycles. The minimum absolute atomic E-state index is 6.27. The van der Waals surface area contributed by atoms with Crippen LogP contribution in [0.2, 0.25) is 0 Å². The van der Waals surface area contributed by atoms with Gasteiger partial charge in [0.15, 0.2) is 0 Å². The third-order valence-corrected chi connectivity index (χ3v) is 6.20. The van der Waals surface area contributed by atoms with Crippen molar-refractivity contribution in [3.05, 3.63) is 0 Å². The number of alkyl halides is 1. The van der Waals surface area contributed by atoms with Gasteiger partial charge < -0.3 is 0 Å². The van der Waals surface area contributed by atoms with E-state index >= 15 is 0 Å². The first-order valence-electron chi connectivity index (χ1n) is 2.26. The predicted molar refractivity (Wildman–Crippen MR) is 33.9 cm³/mol. The minimum atomic E-state index is -7.17. The third kappa shape index (κ3) is 1.83. The van der Waals surface area contributed by atoms with Gasteiger partial charge in [0, 0.05) is 0 Å². The molecular weight excluding hydrogens is 280 g/mol. The summed E-state index contributed by atoms with van der Waals surface area (Å²) in [5.74, 6) is 0. The Kier molecular flexibility index (Phi) is 2.94. The molecule has 0 saturated carbocycles. The van der Waals surface area contributed by atoms with Crippen LogP contribution in [0.1, 0.15) is 0 Å². The van der Waals surface area contributed by atoms with Crippen molar-refractivity contribution in [3.8, 4) is 0 Å². The van der Waals surface area contributed by atoms with Crippen LogP contribution in [-0.4, -0.2) is 28.9 Å². The fourth-order valence-corrected chi connectivity index (χ4v) is 3.21. The minimum Gasteiger partial charge on any atom is -0.189 e. The number of hydrogen-bond acceptors (Lipinski definition) is 6. The van der Waals surface area contributed by atoms with Crippen LogP contribution in [-0.2, 0) is 30.7 Å². The van der Waals surface area contributed by atoms with Crippen molar-refractivity contribution in [3.63, 3.8) is 0 Å². The van der Waals surface area contributed by atoms with Crippen molar-refractivity contribution < 1.29 is 41.3 Å². The van der Waals surface area contributed by atoms with E-state index in [9.17, 15) is 41.3 Å². The standard InChI is InChI=1S/CF4O6S3/c2-1(12(3,6)7,13(4,8)9)14(5,10)11. The van der Waals surface area contributed by atoms with Crippen LogP contribution in [0.4, 0.5) is 16.0 Å². The summed E-state index contributed by atoms with van der Waals surface area (Å²) in [6.45, 7) is 0. The van der Waals surface area contributed by atoms with Crippen molar-refractivity contribution in [2.75, 3.05) is 0 Å². The SMILES string of the molecule is O=S(=O)(F)C(F)(S(=O)(=O)F)S(=O)(=O)F. The number of rotatable bonds is 3. The molecule has 0 aromatic rings. The molecule has 0 heterocycles. The molecule has 0 saturated heterocycles. The molecule has 0 aliphatic carbocycles.